The molecule has 0 radical (unpaired) electrons. The van der Waals surface area contributed by atoms with E-state index >= 15 is 0 Å². The van der Waals surface area contributed by atoms with E-state index in [1.165, 1.54) is 0 Å². The number of hydrogen-bond acceptors (Lipinski definition) is 4. The van der Waals surface area contributed by atoms with E-state index in [-0.39, 0.29) is 17.2 Å². The predicted octanol–water partition coefficient (Wildman–Crippen LogP) is 2.54. The van der Waals surface area contributed by atoms with Crippen molar-refractivity contribution in [2.24, 2.45) is 0 Å². The van der Waals surface area contributed by atoms with Crippen molar-refractivity contribution >= 4 is 23.4 Å². The van der Waals surface area contributed by atoms with Gasteiger partial charge < -0.3 is 5.32 Å². The average molecular weight is 281 g/mol. The van der Waals surface area contributed by atoms with Gasteiger partial charge in [-0.1, -0.05) is 0 Å². The highest BCUT2D eigenvalue weighted by Gasteiger charge is 2.18. The molecular weight excluding hydrogens is 272 g/mol. The van der Waals surface area contributed by atoms with Gasteiger partial charge in [-0.15, -0.1) is 0 Å². The van der Waals surface area contributed by atoms with Crippen LogP contribution in [0.15, 0.2) is 23.0 Å². The van der Waals surface area contributed by atoms with Crippen molar-refractivity contribution < 1.29 is 8.78 Å². The molecule has 0 atom stereocenters. The Labute approximate surface area is 111 Å². The molecule has 2 N–H and O–H groups in total. The third-order valence-corrected chi connectivity index (χ3v) is 3.74. The highest BCUT2D eigenvalue weighted by Crippen LogP contribution is 2.26. The molecule has 1 aromatic heterocycles. The first-order valence-corrected chi connectivity index (χ1v) is 6.71. The van der Waals surface area contributed by atoms with E-state index in [2.05, 4.69) is 15.3 Å². The Morgan fingerprint density at radius 2 is 2.16 bits per heavy atom. The number of benzene rings is 1. The van der Waals surface area contributed by atoms with Gasteiger partial charge >= 0.3 is 0 Å². The largest absolute Gasteiger partial charge is 0.323 e. The highest BCUT2D eigenvalue weighted by molar-refractivity contribution is 7.98. The molecule has 3 rings (SSSR count). The molecule has 1 aliphatic rings. The fraction of sp³-hybridized carbons (Fsp3) is 0.167. The number of hydrogen-bond donors (Lipinski definition) is 2. The summed E-state index contributed by atoms with van der Waals surface area (Å²) in [6.07, 6.45) is 0. The van der Waals surface area contributed by atoms with Crippen LogP contribution in [0.1, 0.15) is 11.3 Å². The summed E-state index contributed by atoms with van der Waals surface area (Å²) < 4.78 is 26.5. The molecule has 7 heteroatoms. The van der Waals surface area contributed by atoms with Gasteiger partial charge in [-0.2, -0.15) is 11.8 Å². The molecule has 19 heavy (non-hydrogen) atoms. The zero-order chi connectivity index (χ0) is 13.4. The number of nitrogens with zero attached hydrogens (tertiary/aromatic N) is 1. The second-order valence-electron chi connectivity index (χ2n) is 4.08. The van der Waals surface area contributed by atoms with E-state index in [1.807, 2.05) is 0 Å². The fourth-order valence-corrected chi connectivity index (χ4v) is 2.88. The lowest BCUT2D eigenvalue weighted by molar-refractivity contribution is 0.603. The number of fused-ring (bicyclic) bond motifs is 1. The van der Waals surface area contributed by atoms with Gasteiger partial charge in [0.05, 0.1) is 11.4 Å². The number of rotatable bonds is 2. The Hall–Kier alpha value is -1.89. The van der Waals surface area contributed by atoms with E-state index < -0.39 is 11.6 Å². The molecule has 0 spiro atoms. The van der Waals surface area contributed by atoms with E-state index in [9.17, 15) is 13.6 Å². The molecule has 0 saturated heterocycles. The first-order chi connectivity index (χ1) is 9.13. The quantitative estimate of drug-likeness (QED) is 0.888. The molecule has 0 fully saturated rings. The number of thioether (sulfide) groups is 1. The van der Waals surface area contributed by atoms with Crippen LogP contribution >= 0.6 is 11.8 Å². The van der Waals surface area contributed by atoms with E-state index in [0.29, 0.717) is 22.8 Å². The number of halogens is 2. The van der Waals surface area contributed by atoms with Crippen molar-refractivity contribution in [3.8, 4) is 0 Å². The molecule has 0 aliphatic carbocycles. The van der Waals surface area contributed by atoms with Crippen LogP contribution in [0, 0.1) is 11.6 Å². The van der Waals surface area contributed by atoms with Gasteiger partial charge in [0.1, 0.15) is 11.6 Å². The smallest absolute Gasteiger partial charge is 0.256 e. The SMILES string of the molecule is O=c1[nH]c(Nc2cc(F)ccc2F)nc2c1CSC2. The Balaban J connectivity index is 1.98. The molecule has 1 aliphatic heterocycles. The standard InChI is InChI=1S/C12H9F2N3OS/c13-6-1-2-8(14)9(3-6)15-12-16-10-5-19-4-7(10)11(18)17-12/h1-3H,4-5H2,(H2,15,16,17,18). The maximum Gasteiger partial charge on any atom is 0.256 e. The Bertz CT molecular complexity index is 702. The first-order valence-electron chi connectivity index (χ1n) is 5.55. The molecular formula is C12H9F2N3OS. The zero-order valence-electron chi connectivity index (χ0n) is 9.67. The molecule has 2 aromatic rings. The summed E-state index contributed by atoms with van der Waals surface area (Å²) >= 11 is 1.59. The maximum absolute atomic E-state index is 13.5. The van der Waals surface area contributed by atoms with Crippen LogP contribution in [-0.2, 0) is 11.5 Å². The monoisotopic (exact) mass is 281 g/mol. The highest BCUT2D eigenvalue weighted by atomic mass is 32.2. The van der Waals surface area contributed by atoms with Gasteiger partial charge in [-0.3, -0.25) is 9.78 Å². The third-order valence-electron chi connectivity index (χ3n) is 2.77. The van der Waals surface area contributed by atoms with Gasteiger partial charge in [0, 0.05) is 23.1 Å². The normalized spacial score (nSPS) is 13.4. The fourth-order valence-electron chi connectivity index (χ4n) is 1.84. The van der Waals surface area contributed by atoms with Gasteiger partial charge in [-0.25, -0.2) is 13.8 Å². The summed E-state index contributed by atoms with van der Waals surface area (Å²) in [6, 6.07) is 3.05. The molecule has 4 nitrogen and oxygen atoms in total. The number of aromatic amines is 1. The molecule has 0 saturated carbocycles. The van der Waals surface area contributed by atoms with E-state index in [4.69, 9.17) is 0 Å². The van der Waals surface area contributed by atoms with Crippen LogP contribution < -0.4 is 10.9 Å². The van der Waals surface area contributed by atoms with Crippen LogP contribution in [0.2, 0.25) is 0 Å². The van der Waals surface area contributed by atoms with Crippen molar-refractivity contribution in [3.05, 3.63) is 51.4 Å². The molecule has 0 amide bonds. The summed E-state index contributed by atoms with van der Waals surface area (Å²) in [5.41, 5.74) is 1.03. The van der Waals surface area contributed by atoms with E-state index in [0.717, 1.165) is 18.2 Å². The maximum atomic E-state index is 13.5. The minimum atomic E-state index is -0.612. The van der Waals surface area contributed by atoms with Crippen molar-refractivity contribution in [2.75, 3.05) is 5.32 Å². The summed E-state index contributed by atoms with van der Waals surface area (Å²) in [7, 11) is 0. The lowest BCUT2D eigenvalue weighted by Crippen LogP contribution is -2.16. The van der Waals surface area contributed by atoms with Gasteiger partial charge in [-0.05, 0) is 12.1 Å². The Morgan fingerprint density at radius 1 is 1.32 bits per heavy atom. The summed E-state index contributed by atoms with van der Waals surface area (Å²) in [5, 5.41) is 2.59. The van der Waals surface area contributed by atoms with Crippen molar-refractivity contribution in [3.63, 3.8) is 0 Å². The Kier molecular flexibility index (Phi) is 2.98. The molecule has 98 valence electrons. The number of nitrogens with one attached hydrogen (secondary N) is 2. The van der Waals surface area contributed by atoms with Crippen LogP contribution in [0.5, 0.6) is 0 Å². The summed E-state index contributed by atoms with van der Waals surface area (Å²) in [4.78, 5) is 18.5. The predicted molar refractivity (Wildman–Crippen MR) is 69.5 cm³/mol. The number of H-pyrrole nitrogens is 1. The number of anilines is 2. The van der Waals surface area contributed by atoms with E-state index in [1.54, 1.807) is 11.8 Å². The summed E-state index contributed by atoms with van der Waals surface area (Å²) in [6.45, 7) is 0. The lowest BCUT2D eigenvalue weighted by atomic mass is 10.3. The minimum Gasteiger partial charge on any atom is -0.323 e. The minimum absolute atomic E-state index is 0.0613. The second-order valence-corrected chi connectivity index (χ2v) is 5.07. The van der Waals surface area contributed by atoms with Crippen LogP contribution in [-0.4, -0.2) is 9.97 Å². The van der Waals surface area contributed by atoms with Gasteiger partial charge in [0.2, 0.25) is 5.95 Å². The second kappa shape index (κ2) is 4.65. The third kappa shape index (κ3) is 2.33. The lowest BCUT2D eigenvalue weighted by Gasteiger charge is -2.07. The van der Waals surface area contributed by atoms with Crippen LogP contribution in [0.4, 0.5) is 20.4 Å². The molecule has 0 bridgehead atoms. The molecule has 0 unspecified atom stereocenters. The molecule has 1 aromatic carbocycles. The molecule has 2 heterocycles. The Morgan fingerprint density at radius 3 is 3.00 bits per heavy atom. The average Bonchev–Trinajstić information content (AvgIpc) is 2.82. The summed E-state index contributed by atoms with van der Waals surface area (Å²) in [5.74, 6) is 0.226. The van der Waals surface area contributed by atoms with Crippen molar-refractivity contribution in [2.45, 2.75) is 11.5 Å². The van der Waals surface area contributed by atoms with Gasteiger partial charge in [0.15, 0.2) is 0 Å². The topological polar surface area (TPSA) is 57.8 Å². The van der Waals surface area contributed by atoms with Crippen molar-refractivity contribution in [1.82, 2.24) is 9.97 Å². The number of aromatic nitrogens is 2. The zero-order valence-corrected chi connectivity index (χ0v) is 10.5. The first kappa shape index (κ1) is 12.2. The van der Waals surface area contributed by atoms with Crippen LogP contribution in [0.25, 0.3) is 0 Å². The van der Waals surface area contributed by atoms with Crippen molar-refractivity contribution in [1.29, 1.82) is 0 Å². The van der Waals surface area contributed by atoms with Gasteiger partial charge in [0.25, 0.3) is 5.56 Å². The van der Waals surface area contributed by atoms with Crippen LogP contribution in [0.3, 0.4) is 0 Å².